The molecule has 114 valence electrons. The average Bonchev–Trinajstić information content (AvgIpc) is 2.34. The first kappa shape index (κ1) is 16.7. The number of anilines is 2. The zero-order valence-electron chi connectivity index (χ0n) is 13.6. The van der Waals surface area contributed by atoms with Gasteiger partial charge in [0.15, 0.2) is 0 Å². The predicted molar refractivity (Wildman–Crippen MR) is 85.7 cm³/mol. The zero-order chi connectivity index (χ0) is 15.3. The van der Waals surface area contributed by atoms with Crippen molar-refractivity contribution >= 4 is 11.6 Å². The van der Waals surface area contributed by atoms with Gasteiger partial charge in [-0.2, -0.15) is 0 Å². The largest absolute Gasteiger partial charge is 0.367 e. The van der Waals surface area contributed by atoms with Gasteiger partial charge in [-0.15, -0.1) is 0 Å². The van der Waals surface area contributed by atoms with Gasteiger partial charge in [-0.05, 0) is 25.7 Å². The second-order valence-corrected chi connectivity index (χ2v) is 6.87. The first-order valence-corrected chi connectivity index (χ1v) is 7.35. The van der Waals surface area contributed by atoms with Crippen molar-refractivity contribution in [1.82, 2.24) is 9.97 Å². The molecule has 1 aromatic rings. The fraction of sp³-hybridized carbons (Fsp3) is 0.733. The molecule has 0 aromatic carbocycles. The number of nitrogens with zero attached hydrogens (tertiary/aromatic N) is 2. The molecule has 0 fully saturated rings. The van der Waals surface area contributed by atoms with Crippen LogP contribution in [0, 0.1) is 5.92 Å². The van der Waals surface area contributed by atoms with Crippen LogP contribution in [0.2, 0.25) is 0 Å². The fourth-order valence-electron chi connectivity index (χ4n) is 1.84. The van der Waals surface area contributed by atoms with Crippen LogP contribution in [-0.2, 0) is 5.41 Å². The molecule has 0 radical (unpaired) electrons. The highest BCUT2D eigenvalue weighted by Gasteiger charge is 2.19. The fourth-order valence-corrected chi connectivity index (χ4v) is 1.84. The number of nitrogens with two attached hydrogens (primary N) is 1. The Kier molecular flexibility index (Phi) is 5.74. The van der Waals surface area contributed by atoms with Gasteiger partial charge in [-0.25, -0.2) is 15.8 Å². The van der Waals surface area contributed by atoms with Crippen molar-refractivity contribution in [1.29, 1.82) is 0 Å². The maximum atomic E-state index is 5.49. The van der Waals surface area contributed by atoms with Crippen molar-refractivity contribution in [2.75, 3.05) is 10.7 Å². The summed E-state index contributed by atoms with van der Waals surface area (Å²) in [5.41, 5.74) is 2.51. The molecule has 4 N–H and O–H groups in total. The Morgan fingerprint density at radius 2 is 1.70 bits per heavy atom. The third kappa shape index (κ3) is 5.33. The van der Waals surface area contributed by atoms with E-state index >= 15 is 0 Å². The van der Waals surface area contributed by atoms with Crippen LogP contribution in [-0.4, -0.2) is 16.0 Å². The monoisotopic (exact) mass is 279 g/mol. The highest BCUT2D eigenvalue weighted by molar-refractivity contribution is 5.48. The average molecular weight is 279 g/mol. The number of hydrogen-bond donors (Lipinski definition) is 3. The number of aromatic nitrogens is 2. The van der Waals surface area contributed by atoms with Gasteiger partial charge in [-0.1, -0.05) is 34.6 Å². The first-order chi connectivity index (χ1) is 9.22. The topological polar surface area (TPSA) is 75.9 Å². The molecular weight excluding hydrogens is 250 g/mol. The molecule has 1 rings (SSSR count). The predicted octanol–water partition coefficient (Wildman–Crippen LogP) is 3.30. The molecule has 0 bridgehead atoms. The van der Waals surface area contributed by atoms with Gasteiger partial charge >= 0.3 is 0 Å². The number of nitrogen functional groups attached to an aromatic ring is 1. The second kappa shape index (κ2) is 6.88. The lowest BCUT2D eigenvalue weighted by atomic mass is 9.96. The van der Waals surface area contributed by atoms with Crippen molar-refractivity contribution in [3.05, 3.63) is 11.9 Å². The summed E-state index contributed by atoms with van der Waals surface area (Å²) in [5, 5.41) is 3.44. The Balaban J connectivity index is 2.84. The lowest BCUT2D eigenvalue weighted by Gasteiger charge is -2.21. The molecule has 0 saturated carbocycles. The van der Waals surface area contributed by atoms with Crippen LogP contribution in [0.5, 0.6) is 0 Å². The third-order valence-corrected chi connectivity index (χ3v) is 3.12. The van der Waals surface area contributed by atoms with Crippen molar-refractivity contribution in [3.63, 3.8) is 0 Å². The summed E-state index contributed by atoms with van der Waals surface area (Å²) in [6.07, 6.45) is 2.32. The van der Waals surface area contributed by atoms with E-state index < -0.39 is 0 Å². The summed E-state index contributed by atoms with van der Waals surface area (Å²) in [7, 11) is 0. The minimum atomic E-state index is -0.107. The van der Waals surface area contributed by atoms with E-state index in [1.807, 2.05) is 6.07 Å². The lowest BCUT2D eigenvalue weighted by Crippen LogP contribution is -2.22. The van der Waals surface area contributed by atoms with Gasteiger partial charge in [0.2, 0.25) is 0 Å². The molecule has 0 aliphatic rings. The Labute approximate surface area is 122 Å². The Bertz CT molecular complexity index is 423. The van der Waals surface area contributed by atoms with Gasteiger partial charge in [0.05, 0.1) is 0 Å². The minimum Gasteiger partial charge on any atom is -0.367 e. The summed E-state index contributed by atoms with van der Waals surface area (Å²) in [4.78, 5) is 9.02. The Morgan fingerprint density at radius 3 is 2.20 bits per heavy atom. The van der Waals surface area contributed by atoms with E-state index in [1.165, 1.54) is 6.42 Å². The van der Waals surface area contributed by atoms with Gasteiger partial charge < -0.3 is 10.7 Å². The summed E-state index contributed by atoms with van der Waals surface area (Å²) >= 11 is 0. The van der Waals surface area contributed by atoms with E-state index in [2.05, 4.69) is 62.3 Å². The molecule has 0 aliphatic carbocycles. The summed E-state index contributed by atoms with van der Waals surface area (Å²) in [6.45, 7) is 12.9. The third-order valence-electron chi connectivity index (χ3n) is 3.12. The highest BCUT2D eigenvalue weighted by atomic mass is 15.3. The summed E-state index contributed by atoms with van der Waals surface area (Å²) in [5.74, 6) is 8.46. The van der Waals surface area contributed by atoms with Crippen LogP contribution in [0.15, 0.2) is 6.07 Å². The molecular formula is C15H29N5. The van der Waals surface area contributed by atoms with E-state index in [4.69, 9.17) is 5.84 Å². The van der Waals surface area contributed by atoms with Crippen molar-refractivity contribution in [2.45, 2.75) is 65.8 Å². The smallest absolute Gasteiger partial charge is 0.145 e. The standard InChI is InChI=1S/C15H29N5/c1-10(2)7-8-11(3)17-12-9-13(20-16)19-14(18-12)15(4,5)6/h9-11H,7-8,16H2,1-6H3,(H2,17,18,19,20). The van der Waals surface area contributed by atoms with E-state index in [1.54, 1.807) is 0 Å². The molecule has 1 heterocycles. The van der Waals surface area contributed by atoms with Gasteiger partial charge in [0, 0.05) is 17.5 Å². The lowest BCUT2D eigenvalue weighted by molar-refractivity contribution is 0.524. The molecule has 20 heavy (non-hydrogen) atoms. The molecule has 1 unspecified atom stereocenters. The molecule has 5 heteroatoms. The molecule has 0 saturated heterocycles. The number of rotatable bonds is 6. The first-order valence-electron chi connectivity index (χ1n) is 7.35. The summed E-state index contributed by atoms with van der Waals surface area (Å²) < 4.78 is 0. The second-order valence-electron chi connectivity index (χ2n) is 6.87. The maximum Gasteiger partial charge on any atom is 0.145 e. The van der Waals surface area contributed by atoms with Crippen LogP contribution < -0.4 is 16.6 Å². The van der Waals surface area contributed by atoms with E-state index in [0.717, 1.165) is 24.0 Å². The van der Waals surface area contributed by atoms with Crippen molar-refractivity contribution in [2.24, 2.45) is 11.8 Å². The minimum absolute atomic E-state index is 0.107. The summed E-state index contributed by atoms with van der Waals surface area (Å²) in [6, 6.07) is 2.23. The SMILES string of the molecule is CC(C)CCC(C)Nc1cc(NN)nc(C(C)(C)C)n1. The quantitative estimate of drug-likeness (QED) is 0.550. The number of hydrazine groups is 1. The van der Waals surface area contributed by atoms with Crippen molar-refractivity contribution < 1.29 is 0 Å². The van der Waals surface area contributed by atoms with E-state index in [-0.39, 0.29) is 5.41 Å². The van der Waals surface area contributed by atoms with Crippen LogP contribution in [0.25, 0.3) is 0 Å². The van der Waals surface area contributed by atoms with Gasteiger partial charge in [0.25, 0.3) is 0 Å². The Hall–Kier alpha value is -1.36. The van der Waals surface area contributed by atoms with Crippen LogP contribution in [0.3, 0.4) is 0 Å². The molecule has 1 aromatic heterocycles. The maximum absolute atomic E-state index is 5.49. The highest BCUT2D eigenvalue weighted by Crippen LogP contribution is 2.22. The van der Waals surface area contributed by atoms with Gasteiger partial charge in [-0.3, -0.25) is 0 Å². The van der Waals surface area contributed by atoms with Gasteiger partial charge in [0.1, 0.15) is 17.5 Å². The van der Waals surface area contributed by atoms with Crippen molar-refractivity contribution in [3.8, 4) is 0 Å². The molecule has 0 spiro atoms. The van der Waals surface area contributed by atoms with Crippen LogP contribution in [0.4, 0.5) is 11.6 Å². The molecule has 5 nitrogen and oxygen atoms in total. The normalized spacial score (nSPS) is 13.4. The number of hydrogen-bond acceptors (Lipinski definition) is 5. The molecule has 1 atom stereocenters. The molecule has 0 amide bonds. The van der Waals surface area contributed by atoms with E-state index in [0.29, 0.717) is 11.9 Å². The number of nitrogens with one attached hydrogen (secondary N) is 2. The Morgan fingerprint density at radius 1 is 1.10 bits per heavy atom. The van der Waals surface area contributed by atoms with Crippen LogP contribution >= 0.6 is 0 Å². The zero-order valence-corrected chi connectivity index (χ0v) is 13.6. The van der Waals surface area contributed by atoms with E-state index in [9.17, 15) is 0 Å². The molecule has 0 aliphatic heterocycles. The van der Waals surface area contributed by atoms with Crippen LogP contribution in [0.1, 0.15) is 60.2 Å².